The van der Waals surface area contributed by atoms with Crippen molar-refractivity contribution in [1.29, 1.82) is 0 Å². The number of nitrogens with zero attached hydrogens (tertiary/aromatic N) is 1. The minimum absolute atomic E-state index is 0.403. The van der Waals surface area contributed by atoms with Crippen molar-refractivity contribution in [2.45, 2.75) is 12.5 Å². The maximum Gasteiger partial charge on any atom is 0.149 e. The molecule has 0 amide bonds. The predicted molar refractivity (Wildman–Crippen MR) is 62.4 cm³/mol. The first kappa shape index (κ1) is 9.45. The van der Waals surface area contributed by atoms with E-state index in [1.165, 1.54) is 12.2 Å². The molecule has 1 aliphatic rings. The third kappa shape index (κ3) is 2.04. The second-order valence-corrected chi connectivity index (χ2v) is 4.53. The SMILES string of the molecule is Nc1ccc(NC2CCSC2)nc1N. The van der Waals surface area contributed by atoms with E-state index >= 15 is 0 Å². The van der Waals surface area contributed by atoms with Gasteiger partial charge in [-0.1, -0.05) is 0 Å². The molecule has 5 N–H and O–H groups in total. The highest BCUT2D eigenvalue weighted by molar-refractivity contribution is 7.99. The molecule has 2 heterocycles. The highest BCUT2D eigenvalue weighted by Gasteiger charge is 2.15. The minimum atomic E-state index is 0.403. The summed E-state index contributed by atoms with van der Waals surface area (Å²) in [5, 5.41) is 3.34. The quantitative estimate of drug-likeness (QED) is 0.683. The van der Waals surface area contributed by atoms with Crippen molar-refractivity contribution in [3.63, 3.8) is 0 Å². The van der Waals surface area contributed by atoms with Crippen LogP contribution in [0.25, 0.3) is 0 Å². The monoisotopic (exact) mass is 210 g/mol. The van der Waals surface area contributed by atoms with Crippen molar-refractivity contribution in [3.8, 4) is 0 Å². The Kier molecular flexibility index (Phi) is 2.67. The Balaban J connectivity index is 2.05. The molecule has 0 bridgehead atoms. The van der Waals surface area contributed by atoms with Gasteiger partial charge in [-0.3, -0.25) is 0 Å². The van der Waals surface area contributed by atoms with Gasteiger partial charge >= 0.3 is 0 Å². The molecule has 1 unspecified atom stereocenters. The summed E-state index contributed by atoms with van der Waals surface area (Å²) in [6.45, 7) is 0. The van der Waals surface area contributed by atoms with E-state index in [1.54, 1.807) is 6.07 Å². The molecule has 1 saturated heterocycles. The lowest BCUT2D eigenvalue weighted by atomic mass is 10.2. The molecule has 1 aromatic rings. The number of hydrogen-bond acceptors (Lipinski definition) is 5. The largest absolute Gasteiger partial charge is 0.396 e. The molecule has 76 valence electrons. The van der Waals surface area contributed by atoms with Crippen LogP contribution in [0.15, 0.2) is 12.1 Å². The lowest BCUT2D eigenvalue weighted by Crippen LogP contribution is -2.19. The number of hydrogen-bond donors (Lipinski definition) is 3. The summed E-state index contributed by atoms with van der Waals surface area (Å²) in [7, 11) is 0. The standard InChI is InChI=1S/C9H14N4S/c10-7-1-2-8(13-9(7)11)12-6-3-4-14-5-6/h1-2,6H,3-5,10H2,(H3,11,12,13). The van der Waals surface area contributed by atoms with Crippen molar-refractivity contribution in [2.24, 2.45) is 0 Å². The van der Waals surface area contributed by atoms with Gasteiger partial charge in [-0.25, -0.2) is 4.98 Å². The van der Waals surface area contributed by atoms with Crippen LogP contribution in [-0.2, 0) is 0 Å². The van der Waals surface area contributed by atoms with Gasteiger partial charge in [0.1, 0.15) is 11.6 Å². The Morgan fingerprint density at radius 3 is 2.93 bits per heavy atom. The van der Waals surface area contributed by atoms with Crippen LogP contribution in [0.1, 0.15) is 6.42 Å². The van der Waals surface area contributed by atoms with Crippen LogP contribution in [0, 0.1) is 0 Å². The van der Waals surface area contributed by atoms with Gasteiger partial charge < -0.3 is 16.8 Å². The Morgan fingerprint density at radius 1 is 1.43 bits per heavy atom. The van der Waals surface area contributed by atoms with Crippen molar-refractivity contribution >= 4 is 29.1 Å². The highest BCUT2D eigenvalue weighted by Crippen LogP contribution is 2.22. The fourth-order valence-electron chi connectivity index (χ4n) is 1.42. The second-order valence-electron chi connectivity index (χ2n) is 3.38. The van der Waals surface area contributed by atoms with Gasteiger partial charge in [0.25, 0.3) is 0 Å². The molecule has 1 fully saturated rings. The molecule has 0 aliphatic carbocycles. The second kappa shape index (κ2) is 3.96. The number of thioether (sulfide) groups is 1. The van der Waals surface area contributed by atoms with Crippen LogP contribution in [0.4, 0.5) is 17.3 Å². The van der Waals surface area contributed by atoms with E-state index < -0.39 is 0 Å². The molecule has 1 aliphatic heterocycles. The van der Waals surface area contributed by atoms with Crippen LogP contribution in [0.3, 0.4) is 0 Å². The van der Waals surface area contributed by atoms with E-state index in [-0.39, 0.29) is 0 Å². The zero-order valence-electron chi connectivity index (χ0n) is 7.86. The zero-order valence-corrected chi connectivity index (χ0v) is 8.68. The van der Waals surface area contributed by atoms with E-state index in [2.05, 4.69) is 10.3 Å². The number of anilines is 3. The van der Waals surface area contributed by atoms with Crippen LogP contribution in [0.2, 0.25) is 0 Å². The third-order valence-electron chi connectivity index (χ3n) is 2.24. The third-order valence-corrected chi connectivity index (χ3v) is 3.40. The van der Waals surface area contributed by atoms with E-state index in [0.717, 1.165) is 11.6 Å². The maximum absolute atomic E-state index is 5.61. The van der Waals surface area contributed by atoms with Crippen LogP contribution in [0.5, 0.6) is 0 Å². The summed E-state index contributed by atoms with van der Waals surface area (Å²) in [5.41, 5.74) is 11.7. The normalized spacial score (nSPS) is 21.0. The summed E-state index contributed by atoms with van der Waals surface area (Å²) in [5.74, 6) is 3.60. The number of aromatic nitrogens is 1. The Labute approximate surface area is 87.5 Å². The number of nitrogens with one attached hydrogen (secondary N) is 1. The van der Waals surface area contributed by atoms with Gasteiger partial charge in [-0.2, -0.15) is 11.8 Å². The van der Waals surface area contributed by atoms with Crippen molar-refractivity contribution < 1.29 is 0 Å². The Morgan fingerprint density at radius 2 is 2.29 bits per heavy atom. The van der Waals surface area contributed by atoms with E-state index in [4.69, 9.17) is 11.5 Å². The summed E-state index contributed by atoms with van der Waals surface area (Å²) in [4.78, 5) is 4.17. The number of pyridine rings is 1. The molecule has 0 saturated carbocycles. The summed E-state index contributed by atoms with van der Waals surface area (Å²) >= 11 is 1.96. The molecule has 0 radical (unpaired) electrons. The number of rotatable bonds is 2. The lowest BCUT2D eigenvalue weighted by molar-refractivity contribution is 0.807. The maximum atomic E-state index is 5.61. The van der Waals surface area contributed by atoms with Gasteiger partial charge in [0.2, 0.25) is 0 Å². The molecule has 14 heavy (non-hydrogen) atoms. The Hall–Kier alpha value is -1.10. The smallest absolute Gasteiger partial charge is 0.149 e. The summed E-state index contributed by atoms with van der Waals surface area (Å²) in [6, 6.07) is 4.18. The van der Waals surface area contributed by atoms with Crippen molar-refractivity contribution in [2.75, 3.05) is 28.3 Å². The molecule has 5 heteroatoms. The average molecular weight is 210 g/mol. The highest BCUT2D eigenvalue weighted by atomic mass is 32.2. The first-order chi connectivity index (χ1) is 6.75. The van der Waals surface area contributed by atoms with Gasteiger partial charge in [0, 0.05) is 11.8 Å². The van der Waals surface area contributed by atoms with Crippen LogP contribution >= 0.6 is 11.8 Å². The molecule has 1 aromatic heterocycles. The van der Waals surface area contributed by atoms with Gasteiger partial charge in [-0.15, -0.1) is 0 Å². The topological polar surface area (TPSA) is 77.0 Å². The lowest BCUT2D eigenvalue weighted by Gasteiger charge is -2.12. The molecule has 4 nitrogen and oxygen atoms in total. The van der Waals surface area contributed by atoms with Crippen LogP contribution < -0.4 is 16.8 Å². The van der Waals surface area contributed by atoms with Crippen LogP contribution in [-0.4, -0.2) is 22.5 Å². The molecule has 2 rings (SSSR count). The average Bonchev–Trinajstić information content (AvgIpc) is 2.64. The molecular formula is C9H14N4S. The van der Waals surface area contributed by atoms with Gasteiger partial charge in [0.15, 0.2) is 0 Å². The Bertz CT molecular complexity index is 323. The molecule has 1 atom stereocenters. The molecule has 0 spiro atoms. The molecular weight excluding hydrogens is 196 g/mol. The van der Waals surface area contributed by atoms with Crippen molar-refractivity contribution in [3.05, 3.63) is 12.1 Å². The fraction of sp³-hybridized carbons (Fsp3) is 0.444. The van der Waals surface area contributed by atoms with E-state index in [9.17, 15) is 0 Å². The predicted octanol–water partition coefficient (Wildman–Crippen LogP) is 1.16. The van der Waals surface area contributed by atoms with Gasteiger partial charge in [-0.05, 0) is 24.3 Å². The zero-order chi connectivity index (χ0) is 9.97. The van der Waals surface area contributed by atoms with E-state index in [0.29, 0.717) is 17.5 Å². The molecule has 0 aromatic carbocycles. The van der Waals surface area contributed by atoms with Gasteiger partial charge in [0.05, 0.1) is 5.69 Å². The van der Waals surface area contributed by atoms with Crippen molar-refractivity contribution in [1.82, 2.24) is 4.98 Å². The first-order valence-electron chi connectivity index (χ1n) is 4.62. The summed E-state index contributed by atoms with van der Waals surface area (Å²) in [6.07, 6.45) is 1.19. The fourth-order valence-corrected chi connectivity index (χ4v) is 2.58. The number of nitrogens with two attached hydrogens (primary N) is 2. The van der Waals surface area contributed by atoms with E-state index in [1.807, 2.05) is 17.8 Å². The number of nitrogen functional groups attached to an aromatic ring is 2. The minimum Gasteiger partial charge on any atom is -0.396 e. The summed E-state index contributed by atoms with van der Waals surface area (Å²) < 4.78 is 0. The first-order valence-corrected chi connectivity index (χ1v) is 5.77.